The van der Waals surface area contributed by atoms with E-state index in [9.17, 15) is 24.5 Å². The highest BCUT2D eigenvalue weighted by Crippen LogP contribution is 2.30. The SMILES string of the molecule is C=CCOc1ccc(/C=C2\C(=O)NC(=O)N(c3cccc([N+](=O)[O-])c3)C2=O)cc1OCC. The number of hydrogen-bond acceptors (Lipinski definition) is 7. The molecule has 0 spiro atoms. The number of ether oxygens (including phenoxy) is 2. The Balaban J connectivity index is 1.99. The molecule has 1 heterocycles. The van der Waals surface area contributed by atoms with Crippen LogP contribution in [0.1, 0.15) is 12.5 Å². The molecule has 0 unspecified atom stereocenters. The number of urea groups is 1. The number of carbonyl (C=O) groups is 3. The molecule has 2 aromatic rings. The van der Waals surface area contributed by atoms with Crippen LogP contribution < -0.4 is 19.7 Å². The number of nitro groups is 1. The fourth-order valence-corrected chi connectivity index (χ4v) is 2.95. The van der Waals surface area contributed by atoms with Crippen molar-refractivity contribution >= 4 is 35.3 Å². The van der Waals surface area contributed by atoms with E-state index in [1.54, 1.807) is 31.2 Å². The molecule has 32 heavy (non-hydrogen) atoms. The third-order valence-electron chi connectivity index (χ3n) is 4.34. The van der Waals surface area contributed by atoms with Crippen molar-refractivity contribution in [2.45, 2.75) is 6.92 Å². The molecule has 0 radical (unpaired) electrons. The highest BCUT2D eigenvalue weighted by atomic mass is 16.6. The Bertz CT molecular complexity index is 1140. The summed E-state index contributed by atoms with van der Waals surface area (Å²) in [5.41, 5.74) is -0.213. The number of carbonyl (C=O) groups excluding carboxylic acids is 3. The summed E-state index contributed by atoms with van der Waals surface area (Å²) in [7, 11) is 0. The van der Waals surface area contributed by atoms with Gasteiger partial charge in [0.25, 0.3) is 17.5 Å². The Kier molecular flexibility index (Phi) is 6.64. The van der Waals surface area contributed by atoms with E-state index in [0.29, 0.717) is 28.6 Å². The molecular weight excluding hydrogens is 418 g/mol. The molecule has 1 fully saturated rings. The zero-order valence-corrected chi connectivity index (χ0v) is 17.1. The van der Waals surface area contributed by atoms with Gasteiger partial charge in [0.15, 0.2) is 11.5 Å². The second kappa shape index (κ2) is 9.56. The van der Waals surface area contributed by atoms with E-state index in [1.165, 1.54) is 24.3 Å². The van der Waals surface area contributed by atoms with Crippen molar-refractivity contribution in [2.75, 3.05) is 18.1 Å². The number of barbiturate groups is 1. The van der Waals surface area contributed by atoms with Gasteiger partial charge in [-0.3, -0.25) is 25.0 Å². The average Bonchev–Trinajstić information content (AvgIpc) is 2.76. The lowest BCUT2D eigenvalue weighted by atomic mass is 10.1. The van der Waals surface area contributed by atoms with Crippen LogP contribution in [-0.2, 0) is 9.59 Å². The summed E-state index contributed by atoms with van der Waals surface area (Å²) >= 11 is 0. The number of nitrogens with zero attached hydrogens (tertiary/aromatic N) is 2. The van der Waals surface area contributed by atoms with Gasteiger partial charge in [0, 0.05) is 12.1 Å². The van der Waals surface area contributed by atoms with Crippen molar-refractivity contribution in [1.82, 2.24) is 5.32 Å². The molecule has 4 amide bonds. The third kappa shape index (κ3) is 4.64. The van der Waals surface area contributed by atoms with Crippen molar-refractivity contribution in [3.63, 3.8) is 0 Å². The van der Waals surface area contributed by atoms with Gasteiger partial charge in [0.1, 0.15) is 12.2 Å². The minimum atomic E-state index is -0.999. The molecule has 1 N–H and O–H groups in total. The van der Waals surface area contributed by atoms with Gasteiger partial charge in [-0.1, -0.05) is 24.8 Å². The van der Waals surface area contributed by atoms with E-state index < -0.39 is 22.8 Å². The van der Waals surface area contributed by atoms with Crippen LogP contribution in [0.5, 0.6) is 11.5 Å². The maximum atomic E-state index is 13.0. The molecule has 1 saturated heterocycles. The molecule has 2 aromatic carbocycles. The quantitative estimate of drug-likeness (QED) is 0.221. The van der Waals surface area contributed by atoms with Gasteiger partial charge in [-0.15, -0.1) is 0 Å². The lowest BCUT2D eigenvalue weighted by Gasteiger charge is -2.26. The summed E-state index contributed by atoms with van der Waals surface area (Å²) in [6.45, 7) is 6.01. The van der Waals surface area contributed by atoms with Crippen molar-refractivity contribution in [1.29, 1.82) is 0 Å². The molecule has 0 atom stereocenters. The van der Waals surface area contributed by atoms with Gasteiger partial charge < -0.3 is 9.47 Å². The van der Waals surface area contributed by atoms with Crippen LogP contribution in [0.3, 0.4) is 0 Å². The van der Waals surface area contributed by atoms with E-state index in [4.69, 9.17) is 9.47 Å². The first-order valence-electron chi connectivity index (χ1n) is 9.52. The van der Waals surface area contributed by atoms with Gasteiger partial charge in [-0.25, -0.2) is 9.69 Å². The van der Waals surface area contributed by atoms with Gasteiger partial charge in [-0.2, -0.15) is 0 Å². The molecule has 0 saturated carbocycles. The number of imide groups is 2. The molecule has 3 rings (SSSR count). The fraction of sp³-hybridized carbons (Fsp3) is 0.136. The van der Waals surface area contributed by atoms with Crippen LogP contribution in [0.25, 0.3) is 6.08 Å². The molecule has 0 aromatic heterocycles. The molecule has 164 valence electrons. The summed E-state index contributed by atoms with van der Waals surface area (Å²) in [6, 6.07) is 8.82. The van der Waals surface area contributed by atoms with Crippen molar-refractivity contribution in [3.05, 3.63) is 76.4 Å². The van der Waals surface area contributed by atoms with E-state index in [1.807, 2.05) is 0 Å². The van der Waals surface area contributed by atoms with Crippen LogP contribution in [0, 0.1) is 10.1 Å². The first-order chi connectivity index (χ1) is 15.3. The Hall–Kier alpha value is -4.47. The zero-order valence-electron chi connectivity index (χ0n) is 17.1. The highest BCUT2D eigenvalue weighted by Gasteiger charge is 2.37. The molecule has 1 aliphatic rings. The highest BCUT2D eigenvalue weighted by molar-refractivity contribution is 6.39. The van der Waals surface area contributed by atoms with E-state index in [0.717, 1.165) is 6.07 Å². The van der Waals surface area contributed by atoms with E-state index in [-0.39, 0.29) is 23.6 Å². The third-order valence-corrected chi connectivity index (χ3v) is 4.34. The standard InChI is InChI=1S/C22H19N3O7/c1-3-10-32-18-9-8-14(12-19(18)31-4-2)11-17-20(26)23-22(28)24(21(17)27)15-6-5-7-16(13-15)25(29)30/h3,5-9,11-13H,1,4,10H2,2H3,(H,23,26,28)/b17-11+. The predicted octanol–water partition coefficient (Wildman–Crippen LogP) is 3.22. The molecular formula is C22H19N3O7. The predicted molar refractivity (Wildman–Crippen MR) is 115 cm³/mol. The summed E-state index contributed by atoms with van der Waals surface area (Å²) < 4.78 is 11.1. The van der Waals surface area contributed by atoms with E-state index >= 15 is 0 Å². The van der Waals surface area contributed by atoms with Gasteiger partial charge in [0.05, 0.1) is 17.2 Å². The van der Waals surface area contributed by atoms with Gasteiger partial charge in [-0.05, 0) is 36.8 Å². The minimum Gasteiger partial charge on any atom is -0.490 e. The maximum absolute atomic E-state index is 13.0. The number of non-ortho nitro benzene ring substituents is 1. The van der Waals surface area contributed by atoms with Crippen molar-refractivity contribution in [2.24, 2.45) is 0 Å². The monoisotopic (exact) mass is 437 g/mol. The Morgan fingerprint density at radius 1 is 1.12 bits per heavy atom. The van der Waals surface area contributed by atoms with Crippen molar-refractivity contribution in [3.8, 4) is 11.5 Å². The van der Waals surface area contributed by atoms with E-state index in [2.05, 4.69) is 11.9 Å². The summed E-state index contributed by atoms with van der Waals surface area (Å²) in [5.74, 6) is -0.934. The van der Waals surface area contributed by atoms with Crippen molar-refractivity contribution < 1.29 is 28.8 Å². The second-order valence-electron chi connectivity index (χ2n) is 6.47. The first kappa shape index (κ1) is 22.2. The average molecular weight is 437 g/mol. The number of rotatable bonds is 8. The molecule has 0 aliphatic carbocycles. The van der Waals surface area contributed by atoms with Gasteiger partial charge in [0.2, 0.25) is 0 Å². The minimum absolute atomic E-state index is 0.0386. The number of amides is 4. The Labute approximate surface area is 182 Å². The zero-order chi connectivity index (χ0) is 23.3. The Morgan fingerprint density at radius 3 is 2.59 bits per heavy atom. The van der Waals surface area contributed by atoms with Crippen LogP contribution in [0.15, 0.2) is 60.7 Å². The normalized spacial score (nSPS) is 14.8. The largest absolute Gasteiger partial charge is 0.490 e. The van der Waals surface area contributed by atoms with Crippen LogP contribution in [-0.4, -0.2) is 36.0 Å². The molecule has 10 nitrogen and oxygen atoms in total. The lowest BCUT2D eigenvalue weighted by Crippen LogP contribution is -2.54. The number of anilines is 1. The summed E-state index contributed by atoms with van der Waals surface area (Å²) in [6.07, 6.45) is 2.88. The molecule has 10 heteroatoms. The fourth-order valence-electron chi connectivity index (χ4n) is 2.95. The second-order valence-corrected chi connectivity index (χ2v) is 6.47. The topological polar surface area (TPSA) is 128 Å². The number of nitro benzene ring substituents is 1. The number of benzene rings is 2. The molecule has 1 aliphatic heterocycles. The summed E-state index contributed by atoms with van der Waals surface area (Å²) in [4.78, 5) is 48.7. The smallest absolute Gasteiger partial charge is 0.335 e. The molecule has 0 bridgehead atoms. The number of nitrogens with one attached hydrogen (secondary N) is 1. The maximum Gasteiger partial charge on any atom is 0.335 e. The first-order valence-corrected chi connectivity index (χ1v) is 9.52. The lowest BCUT2D eigenvalue weighted by molar-refractivity contribution is -0.384. The number of hydrogen-bond donors (Lipinski definition) is 1. The van der Waals surface area contributed by atoms with Crippen LogP contribution in [0.4, 0.5) is 16.2 Å². The van der Waals surface area contributed by atoms with Gasteiger partial charge >= 0.3 is 6.03 Å². The summed E-state index contributed by atoms with van der Waals surface area (Å²) in [5, 5.41) is 13.1. The van der Waals surface area contributed by atoms with Crippen LogP contribution >= 0.6 is 0 Å². The Morgan fingerprint density at radius 2 is 1.91 bits per heavy atom. The van der Waals surface area contributed by atoms with Crippen LogP contribution in [0.2, 0.25) is 0 Å².